The molecule has 23 heavy (non-hydrogen) atoms. The van der Waals surface area contributed by atoms with Gasteiger partial charge >= 0.3 is 5.97 Å². The highest BCUT2D eigenvalue weighted by molar-refractivity contribution is 5.66. The average Bonchev–Trinajstić information content (AvgIpc) is 2.85. The number of aromatic nitrogens is 2. The Morgan fingerprint density at radius 2 is 2.26 bits per heavy atom. The van der Waals surface area contributed by atoms with E-state index < -0.39 is 11.8 Å². The molecule has 0 fully saturated rings. The van der Waals surface area contributed by atoms with Gasteiger partial charge in [-0.05, 0) is 25.1 Å². The Kier molecular flexibility index (Phi) is 5.70. The summed E-state index contributed by atoms with van der Waals surface area (Å²) >= 11 is 0. The van der Waals surface area contributed by atoms with Gasteiger partial charge in [-0.15, -0.1) is 4.68 Å². The van der Waals surface area contributed by atoms with E-state index in [2.05, 4.69) is 0 Å². The first-order chi connectivity index (χ1) is 11.0. The third-order valence-electron chi connectivity index (χ3n) is 3.45. The Bertz CT molecular complexity index is 685. The Labute approximate surface area is 133 Å². The van der Waals surface area contributed by atoms with Crippen molar-refractivity contribution in [2.24, 2.45) is 12.8 Å². The largest absolute Gasteiger partial charge is 0.493 e. The van der Waals surface area contributed by atoms with E-state index in [1.807, 2.05) is 28.8 Å². The van der Waals surface area contributed by atoms with E-state index in [4.69, 9.17) is 15.6 Å². The van der Waals surface area contributed by atoms with Crippen molar-refractivity contribution in [1.82, 2.24) is 4.68 Å². The standard InChI is InChI=1S/C16H20FN3O3/c1-19-10-12(11-20(19)7-2-6-18)14-4-3-13(9-15(14)17)23-8-5-16(21)22/h3-4,9-11H,2,5-8,18H2,1H3/p+1. The van der Waals surface area contributed by atoms with Crippen LogP contribution in [0.1, 0.15) is 12.8 Å². The second-order valence-corrected chi connectivity index (χ2v) is 5.23. The molecule has 1 aromatic heterocycles. The molecule has 3 N–H and O–H groups in total. The second kappa shape index (κ2) is 7.73. The number of benzene rings is 1. The monoisotopic (exact) mass is 322 g/mol. The lowest BCUT2D eigenvalue weighted by Gasteiger charge is -2.06. The zero-order valence-corrected chi connectivity index (χ0v) is 13.0. The van der Waals surface area contributed by atoms with Gasteiger partial charge in [0.25, 0.3) is 0 Å². The maximum absolute atomic E-state index is 14.3. The van der Waals surface area contributed by atoms with Crippen molar-refractivity contribution in [2.45, 2.75) is 19.4 Å². The summed E-state index contributed by atoms with van der Waals surface area (Å²) in [5.41, 5.74) is 6.74. The first-order valence-corrected chi connectivity index (χ1v) is 7.42. The van der Waals surface area contributed by atoms with E-state index in [9.17, 15) is 9.18 Å². The van der Waals surface area contributed by atoms with Crippen LogP contribution in [0.4, 0.5) is 4.39 Å². The average molecular weight is 322 g/mol. The molecule has 2 rings (SSSR count). The van der Waals surface area contributed by atoms with Gasteiger partial charge in [0, 0.05) is 11.6 Å². The second-order valence-electron chi connectivity index (χ2n) is 5.23. The van der Waals surface area contributed by atoms with Gasteiger partial charge in [0.2, 0.25) is 6.20 Å². The number of nitrogens with two attached hydrogens (primary N) is 1. The molecule has 7 heteroatoms. The Morgan fingerprint density at radius 3 is 2.91 bits per heavy atom. The number of hydrogen-bond donors (Lipinski definition) is 2. The third-order valence-corrected chi connectivity index (χ3v) is 3.45. The highest BCUT2D eigenvalue weighted by Gasteiger charge is 2.14. The molecule has 1 aromatic carbocycles. The molecule has 2 aromatic rings. The van der Waals surface area contributed by atoms with Crippen LogP contribution in [0.2, 0.25) is 0 Å². The molecule has 0 aliphatic rings. The number of ether oxygens (including phenoxy) is 1. The normalized spacial score (nSPS) is 10.7. The summed E-state index contributed by atoms with van der Waals surface area (Å²) in [5.74, 6) is -1.04. The minimum absolute atomic E-state index is 0.0124. The van der Waals surface area contributed by atoms with Gasteiger partial charge in [-0.1, -0.05) is 0 Å². The molecule has 124 valence electrons. The van der Waals surface area contributed by atoms with Crippen LogP contribution in [0.15, 0.2) is 30.6 Å². The number of hydrogen-bond acceptors (Lipinski definition) is 3. The van der Waals surface area contributed by atoms with Crippen LogP contribution in [0.25, 0.3) is 11.1 Å². The van der Waals surface area contributed by atoms with Gasteiger partial charge in [-0.25, -0.2) is 4.39 Å². The molecule has 0 aliphatic carbocycles. The zero-order valence-electron chi connectivity index (χ0n) is 13.0. The molecular formula is C16H21FN3O3+. The summed E-state index contributed by atoms with van der Waals surface area (Å²) < 4.78 is 23.4. The van der Waals surface area contributed by atoms with E-state index in [0.717, 1.165) is 18.5 Å². The van der Waals surface area contributed by atoms with Crippen LogP contribution in [-0.2, 0) is 18.4 Å². The first-order valence-electron chi connectivity index (χ1n) is 7.42. The topological polar surface area (TPSA) is 81.4 Å². The van der Waals surface area contributed by atoms with Crippen molar-refractivity contribution >= 4 is 5.97 Å². The summed E-state index contributed by atoms with van der Waals surface area (Å²) in [5, 5.41) is 8.56. The minimum Gasteiger partial charge on any atom is -0.493 e. The summed E-state index contributed by atoms with van der Waals surface area (Å²) in [6.45, 7) is 1.38. The lowest BCUT2D eigenvalue weighted by atomic mass is 10.1. The number of aryl methyl sites for hydroxylation is 2. The molecule has 1 heterocycles. The quantitative estimate of drug-likeness (QED) is 0.718. The Morgan fingerprint density at radius 1 is 1.48 bits per heavy atom. The molecule has 0 radical (unpaired) electrons. The zero-order chi connectivity index (χ0) is 16.8. The number of carboxylic acids is 1. The van der Waals surface area contributed by atoms with Gasteiger partial charge in [0.15, 0.2) is 7.05 Å². The summed E-state index contributed by atoms with van der Waals surface area (Å²) in [4.78, 5) is 10.4. The molecule has 0 amide bonds. The van der Waals surface area contributed by atoms with E-state index in [0.29, 0.717) is 17.9 Å². The van der Waals surface area contributed by atoms with Crippen LogP contribution in [0.3, 0.4) is 0 Å². The number of rotatable bonds is 8. The van der Waals surface area contributed by atoms with Crippen molar-refractivity contribution in [1.29, 1.82) is 0 Å². The van der Waals surface area contributed by atoms with Gasteiger partial charge in [0.05, 0.1) is 31.3 Å². The number of carboxylic acid groups (broad SMARTS) is 1. The summed E-state index contributed by atoms with van der Waals surface area (Å²) in [7, 11) is 1.89. The van der Waals surface area contributed by atoms with Crippen molar-refractivity contribution in [3.05, 3.63) is 36.4 Å². The fraction of sp³-hybridized carbons (Fsp3) is 0.375. The van der Waals surface area contributed by atoms with Crippen molar-refractivity contribution in [3.63, 3.8) is 0 Å². The fourth-order valence-corrected chi connectivity index (χ4v) is 2.25. The van der Waals surface area contributed by atoms with Crippen molar-refractivity contribution in [3.8, 4) is 16.9 Å². The van der Waals surface area contributed by atoms with Crippen LogP contribution in [-0.4, -0.2) is 28.9 Å². The van der Waals surface area contributed by atoms with Crippen molar-refractivity contribution in [2.75, 3.05) is 13.2 Å². The Hall–Kier alpha value is -2.41. The summed E-state index contributed by atoms with van der Waals surface area (Å²) in [6.07, 6.45) is 4.45. The highest BCUT2D eigenvalue weighted by atomic mass is 19.1. The first kappa shape index (κ1) is 17.0. The Balaban J connectivity index is 2.12. The summed E-state index contributed by atoms with van der Waals surface area (Å²) in [6, 6.07) is 4.54. The molecule has 6 nitrogen and oxygen atoms in total. The molecular weight excluding hydrogens is 301 g/mol. The van der Waals surface area contributed by atoms with E-state index in [1.54, 1.807) is 12.1 Å². The maximum atomic E-state index is 14.3. The number of nitrogens with zero attached hydrogens (tertiary/aromatic N) is 2. The van der Waals surface area contributed by atoms with Gasteiger partial charge < -0.3 is 15.6 Å². The van der Waals surface area contributed by atoms with Gasteiger partial charge in [0.1, 0.15) is 11.6 Å². The predicted molar refractivity (Wildman–Crippen MR) is 82.4 cm³/mol. The number of carbonyl (C=O) groups is 1. The number of aliphatic carboxylic acids is 1. The van der Waals surface area contributed by atoms with E-state index in [-0.39, 0.29) is 13.0 Å². The van der Waals surface area contributed by atoms with Crippen LogP contribution in [0, 0.1) is 5.82 Å². The number of halogens is 1. The third kappa shape index (κ3) is 4.53. The van der Waals surface area contributed by atoms with Crippen molar-refractivity contribution < 1.29 is 23.7 Å². The lowest BCUT2D eigenvalue weighted by molar-refractivity contribution is -0.753. The molecule has 0 saturated carbocycles. The molecule has 0 saturated heterocycles. The van der Waals surface area contributed by atoms with E-state index in [1.165, 1.54) is 6.07 Å². The smallest absolute Gasteiger partial charge is 0.306 e. The van der Waals surface area contributed by atoms with Crippen LogP contribution >= 0.6 is 0 Å². The molecule has 0 aliphatic heterocycles. The fourth-order valence-electron chi connectivity index (χ4n) is 2.25. The van der Waals surface area contributed by atoms with Gasteiger partial charge in [-0.2, -0.15) is 4.68 Å². The van der Waals surface area contributed by atoms with Crippen LogP contribution in [0.5, 0.6) is 5.75 Å². The molecule has 0 atom stereocenters. The molecule has 0 bridgehead atoms. The van der Waals surface area contributed by atoms with Crippen LogP contribution < -0.4 is 15.2 Å². The van der Waals surface area contributed by atoms with E-state index >= 15 is 0 Å². The highest BCUT2D eigenvalue weighted by Crippen LogP contribution is 2.25. The molecule has 0 unspecified atom stereocenters. The maximum Gasteiger partial charge on any atom is 0.306 e. The lowest BCUT2D eigenvalue weighted by Crippen LogP contribution is -2.38. The predicted octanol–water partition coefficient (Wildman–Crippen LogP) is 1.32. The minimum atomic E-state index is -0.951. The van der Waals surface area contributed by atoms with Gasteiger partial charge in [-0.3, -0.25) is 4.79 Å². The molecule has 0 spiro atoms. The SMILES string of the molecule is C[n+]1cc(-c2ccc(OCCC(=O)O)cc2F)cn1CCCN.